The predicted octanol–water partition coefficient (Wildman–Crippen LogP) is 24.6. The van der Waals surface area contributed by atoms with Gasteiger partial charge in [-0.3, -0.25) is 0 Å². The van der Waals surface area contributed by atoms with Crippen molar-refractivity contribution in [2.45, 2.75) is 204 Å². The molecule has 10 rings (SSSR count). The highest BCUT2D eigenvalue weighted by atomic mass is 19.1. The first-order valence-electron chi connectivity index (χ1n) is 32.8. The first-order valence-corrected chi connectivity index (χ1v) is 32.8. The molecule has 0 saturated heterocycles. The Morgan fingerprint density at radius 1 is 0.341 bits per heavy atom. The molecule has 476 valence electrons. The predicted molar refractivity (Wildman–Crippen MR) is 383 cm³/mol. The quantitative estimate of drug-likeness (QED) is 0.107. The van der Waals surface area contributed by atoms with Crippen LogP contribution >= 0.6 is 0 Å². The third-order valence-electron chi connectivity index (χ3n) is 18.5. The van der Waals surface area contributed by atoms with Gasteiger partial charge < -0.3 is 19.7 Å². The van der Waals surface area contributed by atoms with Crippen LogP contribution in [0.15, 0.2) is 152 Å². The van der Waals surface area contributed by atoms with Gasteiger partial charge in [-0.25, -0.2) is 8.78 Å². The number of halogens is 2. The second-order valence-electron chi connectivity index (χ2n) is 33.2. The van der Waals surface area contributed by atoms with Gasteiger partial charge in [0.15, 0.2) is 0 Å². The number of hydrogen-bond acceptors (Lipinski definition) is 4. The van der Waals surface area contributed by atoms with Gasteiger partial charge in [-0.05, 0) is 220 Å². The van der Waals surface area contributed by atoms with Gasteiger partial charge in [0.1, 0.15) is 34.6 Å². The Bertz CT molecular complexity index is 4430. The topological polar surface area (TPSA) is 58.9 Å². The number of hydrogen-bond donors (Lipinski definition) is 2. The largest absolute Gasteiger partial charge is 0.507 e. The zero-order valence-corrected chi connectivity index (χ0v) is 58.2. The lowest BCUT2D eigenvalue weighted by molar-refractivity contribution is 0.131. The number of ether oxygens (including phenoxy) is 2. The van der Waals surface area contributed by atoms with Crippen molar-refractivity contribution in [2.75, 3.05) is 0 Å². The Labute approximate surface area is 542 Å². The van der Waals surface area contributed by atoms with Crippen LogP contribution < -0.4 is 9.47 Å². The number of phenolic OH excluding ortho intramolecular Hbond substituents is 2. The van der Waals surface area contributed by atoms with Crippen LogP contribution in [0.5, 0.6) is 23.0 Å². The minimum Gasteiger partial charge on any atom is -0.507 e. The molecule has 2 atom stereocenters. The molecule has 2 unspecified atom stereocenters. The number of phenols is 2. The smallest absolute Gasteiger partial charge is 0.131 e. The zero-order valence-electron chi connectivity index (χ0n) is 58.2. The molecule has 0 aromatic heterocycles. The molecule has 0 aliphatic rings. The Kier molecular flexibility index (Phi) is 17.3. The van der Waals surface area contributed by atoms with Gasteiger partial charge >= 0.3 is 0 Å². The van der Waals surface area contributed by atoms with Crippen LogP contribution in [-0.4, -0.2) is 22.4 Å². The van der Waals surface area contributed by atoms with Crippen molar-refractivity contribution in [1.29, 1.82) is 0 Å². The fraction of sp³-hybridized carbons (Fsp3) is 0.388. The van der Waals surface area contributed by atoms with Crippen molar-refractivity contribution in [3.8, 4) is 67.5 Å². The molecule has 0 fully saturated rings. The summed E-state index contributed by atoms with van der Waals surface area (Å²) in [7, 11) is 0. The summed E-state index contributed by atoms with van der Waals surface area (Å²) in [5, 5.41) is 34.7. The van der Waals surface area contributed by atoms with Gasteiger partial charge in [0.2, 0.25) is 0 Å². The van der Waals surface area contributed by atoms with Gasteiger partial charge in [0, 0.05) is 50.9 Å². The zero-order chi connectivity index (χ0) is 66.5. The van der Waals surface area contributed by atoms with Gasteiger partial charge in [0.05, 0.1) is 12.2 Å². The summed E-state index contributed by atoms with van der Waals surface area (Å²) in [6.45, 7) is 46.4. The average Bonchev–Trinajstić information content (AvgIpc) is 0.744. The Balaban J connectivity index is 1.07. The number of benzene rings is 10. The van der Waals surface area contributed by atoms with Crippen LogP contribution in [0.2, 0.25) is 0 Å². The highest BCUT2D eigenvalue weighted by Gasteiger charge is 2.34. The van der Waals surface area contributed by atoms with Crippen LogP contribution in [0.3, 0.4) is 0 Å². The first-order chi connectivity index (χ1) is 42.2. The SMILES string of the molecule is CC(CC(C)Oc1ccc(F)cc1-c1cc(C(C)(C)CC(C)(C)C)cc(-c2c3ccc(C(C)(C)C)cc3cc3ccc(C(C)(C)C)cc23)c1O)Oc1ccc(F)cc1-c1cc(C(C)(C)CC(C)(C)C)cc(-c2c3ccccc3cc3ccc(C(C)(C)C)cc23)c1O. The van der Waals surface area contributed by atoms with Crippen molar-refractivity contribution in [3.05, 3.63) is 191 Å². The van der Waals surface area contributed by atoms with Crippen LogP contribution in [0, 0.1) is 22.5 Å². The lowest BCUT2D eigenvalue weighted by Gasteiger charge is -2.34. The van der Waals surface area contributed by atoms with E-state index in [1.54, 1.807) is 12.1 Å². The lowest BCUT2D eigenvalue weighted by Crippen LogP contribution is -2.25. The monoisotopic (exact) mass is 1220 g/mol. The second kappa shape index (κ2) is 23.8. The first kappa shape index (κ1) is 66.2. The van der Waals surface area contributed by atoms with Crippen LogP contribution in [0.1, 0.15) is 192 Å². The molecule has 0 amide bonds. The molecule has 0 aliphatic carbocycles. The van der Waals surface area contributed by atoms with Gasteiger partial charge in [0.25, 0.3) is 0 Å². The third-order valence-corrected chi connectivity index (χ3v) is 18.5. The molecule has 4 nitrogen and oxygen atoms in total. The van der Waals surface area contributed by atoms with Crippen molar-refractivity contribution in [2.24, 2.45) is 10.8 Å². The average molecular weight is 1220 g/mol. The molecule has 91 heavy (non-hydrogen) atoms. The fourth-order valence-corrected chi connectivity index (χ4v) is 14.5. The lowest BCUT2D eigenvalue weighted by atomic mass is 9.71. The molecule has 0 bridgehead atoms. The molecular formula is C85H98F2O4. The molecule has 0 aliphatic heterocycles. The highest BCUT2D eigenvalue weighted by molar-refractivity contribution is 6.16. The molecule has 10 aromatic rings. The molecule has 0 spiro atoms. The highest BCUT2D eigenvalue weighted by Crippen LogP contribution is 2.53. The van der Waals surface area contributed by atoms with E-state index < -0.39 is 23.8 Å². The summed E-state index contributed by atoms with van der Waals surface area (Å²) in [4.78, 5) is 0. The Morgan fingerprint density at radius 2 is 0.703 bits per heavy atom. The maximum absolute atomic E-state index is 16.2. The third kappa shape index (κ3) is 14.1. The van der Waals surface area contributed by atoms with E-state index in [9.17, 15) is 10.2 Å². The van der Waals surface area contributed by atoms with Crippen molar-refractivity contribution >= 4 is 43.1 Å². The molecule has 0 radical (unpaired) electrons. The summed E-state index contributed by atoms with van der Waals surface area (Å²) in [6, 6.07) is 50.3. The number of aromatic hydroxyl groups is 2. The maximum Gasteiger partial charge on any atom is 0.131 e. The Morgan fingerprint density at radius 3 is 1.12 bits per heavy atom. The van der Waals surface area contributed by atoms with Gasteiger partial charge in [-0.2, -0.15) is 0 Å². The van der Waals surface area contributed by atoms with Crippen LogP contribution in [0.25, 0.3) is 87.6 Å². The molecule has 0 heterocycles. The molecule has 10 aromatic carbocycles. The summed E-state index contributed by atoms with van der Waals surface area (Å²) in [6.07, 6.45) is 1.04. The molecule has 6 heteroatoms. The summed E-state index contributed by atoms with van der Waals surface area (Å²) >= 11 is 0. The second-order valence-corrected chi connectivity index (χ2v) is 33.2. The van der Waals surface area contributed by atoms with E-state index >= 15 is 8.78 Å². The van der Waals surface area contributed by atoms with E-state index in [4.69, 9.17) is 9.47 Å². The van der Waals surface area contributed by atoms with E-state index in [1.165, 1.54) is 41.0 Å². The molecular weight excluding hydrogens is 1120 g/mol. The van der Waals surface area contributed by atoms with E-state index in [0.717, 1.165) is 78.2 Å². The standard InChI is InChI=1S/C85H98F2O4/c1-50(90-73-34-31-61(86)46-67(73)69-42-59(84(18,19)48-79(3,4)5)44-71(77(69)88)75-63-25-23-22-24-52(63)37-53-26-28-57(40-65(53)75)82(12,13)14)36-51(2)91-74-35-32-62(87)47-68(74)70-43-60(85(20,21)49-80(6,7)8)45-72(78(70)89)76-64-33-30-56(81(9,10)11)39-55(64)38-54-27-29-58(41-66(54)76)83(15,16)17/h22-35,37-47,50-51,88-89H,36,48-49H2,1-21H3. The summed E-state index contributed by atoms with van der Waals surface area (Å²) in [5.74, 6) is -0.0351. The van der Waals surface area contributed by atoms with Gasteiger partial charge in [-0.15, -0.1) is 0 Å². The molecule has 2 N–H and O–H groups in total. The Hall–Kier alpha value is -7.70. The minimum atomic E-state index is -0.501. The van der Waals surface area contributed by atoms with E-state index in [2.05, 4.69) is 223 Å². The number of fused-ring (bicyclic) bond motifs is 4. The van der Waals surface area contributed by atoms with Crippen molar-refractivity contribution in [1.82, 2.24) is 0 Å². The normalized spacial score (nSPS) is 13.8. The van der Waals surface area contributed by atoms with Gasteiger partial charge in [-0.1, -0.05) is 198 Å². The summed E-state index contributed by atoms with van der Waals surface area (Å²) < 4.78 is 46.1. The maximum atomic E-state index is 16.2. The fourth-order valence-electron chi connectivity index (χ4n) is 14.5. The van der Waals surface area contributed by atoms with Crippen molar-refractivity contribution in [3.63, 3.8) is 0 Å². The van der Waals surface area contributed by atoms with Crippen molar-refractivity contribution < 1.29 is 28.5 Å². The van der Waals surface area contributed by atoms with E-state index in [1.807, 2.05) is 38.1 Å². The number of rotatable bonds is 14. The van der Waals surface area contributed by atoms with Crippen LogP contribution in [-0.2, 0) is 27.1 Å². The van der Waals surface area contributed by atoms with Crippen LogP contribution in [0.4, 0.5) is 8.78 Å². The molecule has 0 saturated carbocycles. The van der Waals surface area contributed by atoms with E-state index in [0.29, 0.717) is 51.3 Å². The minimum absolute atomic E-state index is 0.0352. The summed E-state index contributed by atoms with van der Waals surface area (Å²) in [5.41, 5.74) is 9.33. The van der Waals surface area contributed by atoms with E-state index in [-0.39, 0.29) is 49.4 Å².